The molecule has 3 aromatic rings. The molecule has 3 rings (SSSR count). The first kappa shape index (κ1) is 21.1. The van der Waals surface area contributed by atoms with Crippen LogP contribution in [0.4, 0.5) is 0 Å². The number of ether oxygens (including phenoxy) is 1. The Morgan fingerprint density at radius 2 is 2.00 bits per heavy atom. The molecule has 0 saturated heterocycles. The zero-order chi connectivity index (χ0) is 21.0. The number of aliphatic hydroxyl groups excluding tert-OH is 1. The van der Waals surface area contributed by atoms with Gasteiger partial charge in [-0.1, -0.05) is 24.9 Å². The Kier molecular flexibility index (Phi) is 6.71. The fourth-order valence-electron chi connectivity index (χ4n) is 3.00. The molecular weight excluding hydrogens is 398 g/mol. The summed E-state index contributed by atoms with van der Waals surface area (Å²) in [5.74, 6) is 0. The Morgan fingerprint density at radius 1 is 1.21 bits per heavy atom. The summed E-state index contributed by atoms with van der Waals surface area (Å²) in [5, 5.41) is 9.62. The summed E-state index contributed by atoms with van der Waals surface area (Å²) in [5.41, 5.74) is 0.229. The normalized spacial score (nSPS) is 11.3. The van der Waals surface area contributed by atoms with Crippen LogP contribution in [0.5, 0.6) is 6.01 Å². The third-order valence-corrected chi connectivity index (χ3v) is 4.80. The third-order valence-electron chi connectivity index (χ3n) is 4.58. The van der Waals surface area contributed by atoms with Crippen molar-refractivity contribution in [3.63, 3.8) is 0 Å². The quantitative estimate of drug-likeness (QED) is 0.526. The molecule has 0 fully saturated rings. The second-order valence-electron chi connectivity index (χ2n) is 6.70. The summed E-state index contributed by atoms with van der Waals surface area (Å²) in [7, 11) is 1.56. The molecule has 0 aromatic carbocycles. The topological polar surface area (TPSA) is 104 Å². The average molecular weight is 422 g/mol. The lowest BCUT2D eigenvalue weighted by molar-refractivity contribution is 0.275. The SMILES string of the molecule is CCCCOc1nc2c(c(=O)n(CCCO)c(=O)n2C)n1Cc1ccc(Cl)cn1. The average Bonchev–Trinajstić information content (AvgIpc) is 3.07. The van der Waals surface area contributed by atoms with Crippen LogP contribution in [-0.4, -0.2) is 42.0 Å². The Labute approximate surface area is 172 Å². The Bertz CT molecular complexity index is 1100. The zero-order valence-corrected chi connectivity index (χ0v) is 17.2. The van der Waals surface area contributed by atoms with Crippen LogP contribution in [-0.2, 0) is 20.1 Å². The number of fused-ring (bicyclic) bond motifs is 1. The van der Waals surface area contributed by atoms with E-state index in [0.717, 1.165) is 17.4 Å². The van der Waals surface area contributed by atoms with Crippen molar-refractivity contribution in [1.82, 2.24) is 23.7 Å². The summed E-state index contributed by atoms with van der Waals surface area (Å²) < 4.78 is 9.90. The van der Waals surface area contributed by atoms with E-state index in [9.17, 15) is 9.59 Å². The lowest BCUT2D eigenvalue weighted by Gasteiger charge is -2.11. The van der Waals surface area contributed by atoms with Gasteiger partial charge in [0.15, 0.2) is 11.2 Å². The fourth-order valence-corrected chi connectivity index (χ4v) is 3.12. The van der Waals surface area contributed by atoms with E-state index in [1.54, 1.807) is 23.7 Å². The number of nitrogens with zero attached hydrogens (tertiary/aromatic N) is 5. The van der Waals surface area contributed by atoms with Gasteiger partial charge in [-0.05, 0) is 25.0 Å². The van der Waals surface area contributed by atoms with Crippen molar-refractivity contribution < 1.29 is 9.84 Å². The van der Waals surface area contributed by atoms with Gasteiger partial charge in [-0.25, -0.2) is 4.79 Å². The van der Waals surface area contributed by atoms with Gasteiger partial charge < -0.3 is 9.84 Å². The van der Waals surface area contributed by atoms with Crippen LogP contribution in [0.15, 0.2) is 27.9 Å². The molecule has 0 unspecified atom stereocenters. The predicted molar refractivity (Wildman–Crippen MR) is 110 cm³/mol. The number of hydrogen-bond acceptors (Lipinski definition) is 6. The van der Waals surface area contributed by atoms with Crippen LogP contribution in [0.3, 0.4) is 0 Å². The smallest absolute Gasteiger partial charge is 0.332 e. The van der Waals surface area contributed by atoms with Crippen molar-refractivity contribution in [1.29, 1.82) is 0 Å². The van der Waals surface area contributed by atoms with E-state index in [4.69, 9.17) is 21.4 Å². The highest BCUT2D eigenvalue weighted by Gasteiger charge is 2.21. The van der Waals surface area contributed by atoms with Gasteiger partial charge in [0, 0.05) is 26.4 Å². The minimum atomic E-state index is -0.481. The summed E-state index contributed by atoms with van der Waals surface area (Å²) in [6, 6.07) is 3.74. The fraction of sp³-hybridized carbons (Fsp3) is 0.474. The Morgan fingerprint density at radius 3 is 2.66 bits per heavy atom. The standard InChI is InChI=1S/C19H24ClN5O4/c1-3-4-10-29-18-22-16-15(25(18)12-14-7-6-13(20)11-21-14)17(27)24(8-5-9-26)19(28)23(16)2/h6-7,11,26H,3-5,8-10,12H2,1-2H3. The highest BCUT2D eigenvalue weighted by Crippen LogP contribution is 2.20. The number of hydrogen-bond donors (Lipinski definition) is 1. The van der Waals surface area contributed by atoms with Gasteiger partial charge in [-0.15, -0.1) is 0 Å². The first-order valence-electron chi connectivity index (χ1n) is 9.52. The molecule has 9 nitrogen and oxygen atoms in total. The van der Waals surface area contributed by atoms with Crippen molar-refractivity contribution in [2.75, 3.05) is 13.2 Å². The van der Waals surface area contributed by atoms with Gasteiger partial charge in [-0.3, -0.25) is 23.5 Å². The highest BCUT2D eigenvalue weighted by atomic mass is 35.5. The van der Waals surface area contributed by atoms with Crippen molar-refractivity contribution in [2.45, 2.75) is 39.3 Å². The van der Waals surface area contributed by atoms with Crippen LogP contribution < -0.4 is 16.0 Å². The van der Waals surface area contributed by atoms with Gasteiger partial charge in [0.25, 0.3) is 11.6 Å². The van der Waals surface area contributed by atoms with E-state index in [2.05, 4.69) is 9.97 Å². The van der Waals surface area contributed by atoms with Crippen molar-refractivity contribution in [3.05, 3.63) is 49.9 Å². The van der Waals surface area contributed by atoms with E-state index in [1.807, 2.05) is 6.92 Å². The van der Waals surface area contributed by atoms with Crippen molar-refractivity contribution >= 4 is 22.8 Å². The molecule has 29 heavy (non-hydrogen) atoms. The second kappa shape index (κ2) is 9.23. The molecule has 0 saturated carbocycles. The number of aryl methyl sites for hydroxylation is 1. The molecular formula is C19H24ClN5O4. The maximum Gasteiger partial charge on any atom is 0.332 e. The molecule has 0 bridgehead atoms. The molecule has 1 N–H and O–H groups in total. The molecule has 0 amide bonds. The number of unbranched alkanes of at least 4 members (excludes halogenated alkanes) is 1. The number of aliphatic hydroxyl groups is 1. The van der Waals surface area contributed by atoms with Crippen LogP contribution in [0.2, 0.25) is 5.02 Å². The predicted octanol–water partition coefficient (Wildman–Crippen LogP) is 1.55. The third kappa shape index (κ3) is 4.35. The van der Waals surface area contributed by atoms with Crippen molar-refractivity contribution in [3.8, 4) is 6.01 Å². The first-order valence-corrected chi connectivity index (χ1v) is 9.89. The molecule has 3 heterocycles. The van der Waals surface area contributed by atoms with Gasteiger partial charge in [-0.2, -0.15) is 4.98 Å². The number of halogens is 1. The maximum atomic E-state index is 13.1. The van der Waals surface area contributed by atoms with Gasteiger partial charge in [0.2, 0.25) is 0 Å². The summed E-state index contributed by atoms with van der Waals surface area (Å²) in [4.78, 5) is 34.5. The van der Waals surface area contributed by atoms with Gasteiger partial charge in [0.1, 0.15) is 0 Å². The molecule has 0 radical (unpaired) electrons. The molecule has 0 aliphatic heterocycles. The Balaban J connectivity index is 2.18. The molecule has 0 aliphatic rings. The number of pyridine rings is 1. The Hall–Kier alpha value is -2.65. The van der Waals surface area contributed by atoms with Gasteiger partial charge >= 0.3 is 5.69 Å². The summed E-state index contributed by atoms with van der Waals surface area (Å²) in [6.45, 7) is 2.73. The lowest BCUT2D eigenvalue weighted by atomic mass is 10.3. The second-order valence-corrected chi connectivity index (χ2v) is 7.13. The molecule has 156 valence electrons. The van der Waals surface area contributed by atoms with E-state index in [1.165, 1.54) is 10.8 Å². The molecule has 0 atom stereocenters. The lowest BCUT2D eigenvalue weighted by Crippen LogP contribution is -2.40. The van der Waals surface area contributed by atoms with E-state index in [-0.39, 0.29) is 36.9 Å². The van der Waals surface area contributed by atoms with Crippen LogP contribution in [0, 0.1) is 0 Å². The van der Waals surface area contributed by atoms with Gasteiger partial charge in [0.05, 0.1) is 23.9 Å². The molecule has 10 heteroatoms. The monoisotopic (exact) mass is 421 g/mol. The summed E-state index contributed by atoms with van der Waals surface area (Å²) in [6.07, 6.45) is 3.61. The largest absolute Gasteiger partial charge is 0.465 e. The highest BCUT2D eigenvalue weighted by molar-refractivity contribution is 6.30. The molecule has 0 aliphatic carbocycles. The minimum Gasteiger partial charge on any atom is -0.465 e. The van der Waals surface area contributed by atoms with E-state index < -0.39 is 11.2 Å². The number of rotatable bonds is 9. The first-order chi connectivity index (χ1) is 14.0. The van der Waals surface area contributed by atoms with Crippen LogP contribution in [0.1, 0.15) is 31.9 Å². The van der Waals surface area contributed by atoms with Crippen molar-refractivity contribution in [2.24, 2.45) is 7.05 Å². The minimum absolute atomic E-state index is 0.118. The summed E-state index contributed by atoms with van der Waals surface area (Å²) >= 11 is 5.92. The molecule has 0 spiro atoms. The molecule has 3 aromatic heterocycles. The maximum absolute atomic E-state index is 13.1. The van der Waals surface area contributed by atoms with E-state index >= 15 is 0 Å². The number of imidazole rings is 1. The van der Waals surface area contributed by atoms with Crippen LogP contribution in [0.25, 0.3) is 11.2 Å². The number of aromatic nitrogens is 5. The zero-order valence-electron chi connectivity index (χ0n) is 16.5. The van der Waals surface area contributed by atoms with E-state index in [0.29, 0.717) is 23.7 Å². The van der Waals surface area contributed by atoms with Crippen LogP contribution >= 0.6 is 11.6 Å².